The van der Waals surface area contributed by atoms with E-state index in [1.807, 2.05) is 13.8 Å². The second-order valence-electron chi connectivity index (χ2n) is 5.17. The first-order valence-corrected chi connectivity index (χ1v) is 6.74. The zero-order chi connectivity index (χ0) is 13.7. The molecule has 0 saturated carbocycles. The summed E-state index contributed by atoms with van der Waals surface area (Å²) in [7, 11) is 0. The fourth-order valence-electron chi connectivity index (χ4n) is 1.92. The quantitative estimate of drug-likeness (QED) is 0.858. The second-order valence-corrected chi connectivity index (χ2v) is 5.17. The molecule has 0 aromatic carbocycles. The third kappa shape index (κ3) is 4.14. The predicted octanol–water partition coefficient (Wildman–Crippen LogP) is 2.13. The van der Waals surface area contributed by atoms with Gasteiger partial charge in [0.15, 0.2) is 5.82 Å². The van der Waals surface area contributed by atoms with Crippen molar-refractivity contribution in [1.29, 1.82) is 0 Å². The van der Waals surface area contributed by atoms with Crippen molar-refractivity contribution in [2.75, 3.05) is 19.8 Å². The highest BCUT2D eigenvalue weighted by Crippen LogP contribution is 2.20. The van der Waals surface area contributed by atoms with Gasteiger partial charge in [-0.1, -0.05) is 13.8 Å². The van der Waals surface area contributed by atoms with Crippen LogP contribution in [0.15, 0.2) is 12.3 Å². The zero-order valence-corrected chi connectivity index (χ0v) is 11.5. The molecule has 0 aliphatic carbocycles. The van der Waals surface area contributed by atoms with Gasteiger partial charge in [-0.3, -0.25) is 0 Å². The van der Waals surface area contributed by atoms with Gasteiger partial charge in [0.05, 0.1) is 13.2 Å². The van der Waals surface area contributed by atoms with Gasteiger partial charge in [-0.25, -0.2) is 9.37 Å². The SMILES string of the molecule is CC(C)NCc1ccnc(OCC2CCOC2)c1F. The van der Waals surface area contributed by atoms with Crippen molar-refractivity contribution in [2.24, 2.45) is 5.92 Å². The molecule has 1 saturated heterocycles. The molecule has 0 radical (unpaired) electrons. The topological polar surface area (TPSA) is 43.4 Å². The lowest BCUT2D eigenvalue weighted by Gasteiger charge is -2.13. The highest BCUT2D eigenvalue weighted by molar-refractivity contribution is 5.23. The van der Waals surface area contributed by atoms with Crippen molar-refractivity contribution in [2.45, 2.75) is 32.9 Å². The van der Waals surface area contributed by atoms with Crippen LogP contribution >= 0.6 is 0 Å². The second kappa shape index (κ2) is 6.82. The van der Waals surface area contributed by atoms with Gasteiger partial charge in [0, 0.05) is 36.9 Å². The Labute approximate surface area is 113 Å². The van der Waals surface area contributed by atoms with Crippen LogP contribution in [0.2, 0.25) is 0 Å². The molecular weight excluding hydrogens is 247 g/mol. The molecule has 1 N–H and O–H groups in total. The predicted molar refractivity (Wildman–Crippen MR) is 70.6 cm³/mol. The van der Waals surface area contributed by atoms with E-state index in [1.165, 1.54) is 0 Å². The molecular formula is C14H21FN2O2. The summed E-state index contributed by atoms with van der Waals surface area (Å²) in [4.78, 5) is 3.96. The molecule has 1 aliphatic rings. The van der Waals surface area contributed by atoms with Crippen LogP contribution in [0.3, 0.4) is 0 Å². The molecule has 4 nitrogen and oxygen atoms in total. The summed E-state index contributed by atoms with van der Waals surface area (Å²) in [6.07, 6.45) is 2.55. The monoisotopic (exact) mass is 268 g/mol. The molecule has 0 bridgehead atoms. The van der Waals surface area contributed by atoms with Crippen LogP contribution in [0.5, 0.6) is 5.88 Å². The van der Waals surface area contributed by atoms with E-state index in [4.69, 9.17) is 9.47 Å². The molecule has 2 heterocycles. The van der Waals surface area contributed by atoms with Crippen molar-refractivity contribution >= 4 is 0 Å². The molecule has 106 valence electrons. The van der Waals surface area contributed by atoms with E-state index in [0.29, 0.717) is 37.3 Å². The first-order chi connectivity index (χ1) is 9.16. The van der Waals surface area contributed by atoms with Crippen molar-refractivity contribution in [3.8, 4) is 5.88 Å². The van der Waals surface area contributed by atoms with Gasteiger partial charge in [0.2, 0.25) is 0 Å². The van der Waals surface area contributed by atoms with Crippen LogP contribution in [0.4, 0.5) is 4.39 Å². The molecule has 19 heavy (non-hydrogen) atoms. The minimum Gasteiger partial charge on any atom is -0.475 e. The van der Waals surface area contributed by atoms with Crippen LogP contribution in [0, 0.1) is 11.7 Å². The Hall–Kier alpha value is -1.20. The molecule has 2 rings (SSSR count). The Morgan fingerprint density at radius 1 is 1.58 bits per heavy atom. The Morgan fingerprint density at radius 3 is 3.11 bits per heavy atom. The lowest BCUT2D eigenvalue weighted by Crippen LogP contribution is -2.22. The van der Waals surface area contributed by atoms with E-state index >= 15 is 0 Å². The largest absolute Gasteiger partial charge is 0.475 e. The highest BCUT2D eigenvalue weighted by Gasteiger charge is 2.18. The third-order valence-corrected chi connectivity index (χ3v) is 3.12. The Balaban J connectivity index is 1.94. The molecule has 1 fully saturated rings. The fraction of sp³-hybridized carbons (Fsp3) is 0.643. The van der Waals surface area contributed by atoms with E-state index in [2.05, 4.69) is 10.3 Å². The summed E-state index contributed by atoms with van der Waals surface area (Å²) < 4.78 is 24.9. The highest BCUT2D eigenvalue weighted by atomic mass is 19.1. The normalized spacial score (nSPS) is 19.1. The number of hydrogen-bond donors (Lipinski definition) is 1. The van der Waals surface area contributed by atoms with Gasteiger partial charge in [0.1, 0.15) is 0 Å². The molecule has 1 aromatic rings. The van der Waals surface area contributed by atoms with E-state index in [-0.39, 0.29) is 11.7 Å². The molecule has 1 unspecified atom stereocenters. The average Bonchev–Trinajstić information content (AvgIpc) is 2.89. The number of ether oxygens (including phenoxy) is 2. The number of halogens is 1. The summed E-state index contributed by atoms with van der Waals surface area (Å²) in [5.74, 6) is 0.0724. The first-order valence-electron chi connectivity index (χ1n) is 6.74. The van der Waals surface area contributed by atoms with Gasteiger partial charge >= 0.3 is 0 Å². The summed E-state index contributed by atoms with van der Waals surface area (Å²) in [5, 5.41) is 3.18. The maximum Gasteiger partial charge on any atom is 0.250 e. The molecule has 1 atom stereocenters. The number of aromatic nitrogens is 1. The molecule has 1 aromatic heterocycles. The fourth-order valence-corrected chi connectivity index (χ4v) is 1.92. The summed E-state index contributed by atoms with van der Waals surface area (Å²) in [5.41, 5.74) is 0.585. The number of nitrogens with one attached hydrogen (secondary N) is 1. The van der Waals surface area contributed by atoms with E-state index in [0.717, 1.165) is 13.0 Å². The third-order valence-electron chi connectivity index (χ3n) is 3.12. The Bertz CT molecular complexity index is 406. The zero-order valence-electron chi connectivity index (χ0n) is 11.5. The summed E-state index contributed by atoms with van der Waals surface area (Å²) >= 11 is 0. The van der Waals surface area contributed by atoms with Crippen molar-refractivity contribution < 1.29 is 13.9 Å². The summed E-state index contributed by atoms with van der Waals surface area (Å²) in [6, 6.07) is 1.99. The van der Waals surface area contributed by atoms with Crippen LogP contribution in [-0.4, -0.2) is 30.8 Å². The maximum atomic E-state index is 14.1. The van der Waals surface area contributed by atoms with Crippen LogP contribution in [0.25, 0.3) is 0 Å². The number of nitrogens with zero attached hydrogens (tertiary/aromatic N) is 1. The van der Waals surface area contributed by atoms with Gasteiger partial charge in [-0.15, -0.1) is 0 Å². The van der Waals surface area contributed by atoms with Gasteiger partial charge in [0.25, 0.3) is 5.88 Å². The van der Waals surface area contributed by atoms with Crippen molar-refractivity contribution in [3.63, 3.8) is 0 Å². The van der Waals surface area contributed by atoms with Gasteiger partial charge in [-0.2, -0.15) is 0 Å². The number of pyridine rings is 1. The maximum absolute atomic E-state index is 14.1. The smallest absolute Gasteiger partial charge is 0.250 e. The molecule has 0 spiro atoms. The lowest BCUT2D eigenvalue weighted by atomic mass is 10.1. The molecule has 5 heteroatoms. The Morgan fingerprint density at radius 2 is 2.42 bits per heavy atom. The molecule has 1 aliphatic heterocycles. The first kappa shape index (κ1) is 14.2. The molecule has 0 amide bonds. The van der Waals surface area contributed by atoms with Crippen LogP contribution in [0.1, 0.15) is 25.8 Å². The number of rotatable bonds is 6. The Kier molecular flexibility index (Phi) is 5.10. The van der Waals surface area contributed by atoms with E-state index in [1.54, 1.807) is 12.3 Å². The number of hydrogen-bond acceptors (Lipinski definition) is 4. The van der Waals surface area contributed by atoms with E-state index < -0.39 is 0 Å². The average molecular weight is 268 g/mol. The minimum absolute atomic E-state index is 0.0926. The summed E-state index contributed by atoms with van der Waals surface area (Å²) in [6.45, 7) is 6.45. The lowest BCUT2D eigenvalue weighted by molar-refractivity contribution is 0.163. The standard InChI is InChI=1S/C14H21FN2O2/c1-10(2)17-7-12-3-5-16-14(13(12)15)19-9-11-4-6-18-8-11/h3,5,10-11,17H,4,6-9H2,1-2H3. The van der Waals surface area contributed by atoms with Crippen molar-refractivity contribution in [1.82, 2.24) is 10.3 Å². The van der Waals surface area contributed by atoms with Crippen LogP contribution < -0.4 is 10.1 Å². The van der Waals surface area contributed by atoms with E-state index in [9.17, 15) is 4.39 Å². The van der Waals surface area contributed by atoms with Gasteiger partial charge in [-0.05, 0) is 12.5 Å². The van der Waals surface area contributed by atoms with Crippen LogP contribution in [-0.2, 0) is 11.3 Å². The minimum atomic E-state index is -0.366. The van der Waals surface area contributed by atoms with Gasteiger partial charge < -0.3 is 14.8 Å². The van der Waals surface area contributed by atoms with Crippen molar-refractivity contribution in [3.05, 3.63) is 23.6 Å².